The maximum Gasteiger partial charge on any atom is 0.347 e. The van der Waals surface area contributed by atoms with Crippen molar-refractivity contribution in [1.82, 2.24) is 0 Å². The zero-order valence-electron chi connectivity index (χ0n) is 16.4. The highest BCUT2D eigenvalue weighted by Gasteiger charge is 2.22. The fraction of sp³-hybridized carbons (Fsp3) is 0.316. The van der Waals surface area contributed by atoms with Crippen LogP contribution in [0.25, 0.3) is 0 Å². The number of carbonyl (C=O) groups is 1. The van der Waals surface area contributed by atoms with Crippen molar-refractivity contribution in [2.45, 2.75) is 24.8 Å². The molecule has 1 atom stereocenters. The van der Waals surface area contributed by atoms with E-state index in [-0.39, 0.29) is 33.7 Å². The number of methoxy groups -OCH3 is 2. The molecule has 1 unspecified atom stereocenters. The summed E-state index contributed by atoms with van der Waals surface area (Å²) in [7, 11) is -1.19. The molecule has 0 fully saturated rings. The summed E-state index contributed by atoms with van der Waals surface area (Å²) < 4.78 is 48.6. The van der Waals surface area contributed by atoms with Crippen LogP contribution in [-0.4, -0.2) is 41.3 Å². The van der Waals surface area contributed by atoms with E-state index in [4.69, 9.17) is 30.5 Å². The Hall–Kier alpha value is -2.65. The van der Waals surface area contributed by atoms with Crippen LogP contribution < -0.4 is 18.9 Å². The van der Waals surface area contributed by atoms with E-state index in [0.29, 0.717) is 5.75 Å². The standard InChI is InChI=1S/C19H22ClNO7S/c1-5-27-19(22)12(2)28-16-8-6-13(10-15(16)20)21-29(23,24)18-11-14(25-3)7-9-17(18)26-4/h6-12,21H,5H2,1-4H3. The van der Waals surface area contributed by atoms with E-state index in [2.05, 4.69) is 4.72 Å². The van der Waals surface area contributed by atoms with Gasteiger partial charge in [0.1, 0.15) is 22.1 Å². The van der Waals surface area contributed by atoms with Crippen LogP contribution >= 0.6 is 11.6 Å². The van der Waals surface area contributed by atoms with Crippen molar-refractivity contribution in [2.75, 3.05) is 25.5 Å². The number of hydrogen-bond donors (Lipinski definition) is 1. The van der Waals surface area contributed by atoms with E-state index in [1.54, 1.807) is 13.0 Å². The molecule has 0 aliphatic rings. The molecule has 0 radical (unpaired) electrons. The molecule has 0 amide bonds. The van der Waals surface area contributed by atoms with Crippen molar-refractivity contribution in [2.24, 2.45) is 0 Å². The number of benzene rings is 2. The predicted octanol–water partition coefficient (Wildman–Crippen LogP) is 3.49. The number of halogens is 1. The first-order chi connectivity index (χ1) is 13.7. The average molecular weight is 444 g/mol. The fourth-order valence-corrected chi connectivity index (χ4v) is 3.82. The molecule has 1 N–H and O–H groups in total. The Kier molecular flexibility index (Phi) is 7.58. The quantitative estimate of drug-likeness (QED) is 0.592. The third-order valence-electron chi connectivity index (χ3n) is 3.77. The number of carbonyl (C=O) groups excluding carboxylic acids is 1. The Labute approximate surface area is 174 Å². The van der Waals surface area contributed by atoms with Gasteiger partial charge in [0.2, 0.25) is 0 Å². The van der Waals surface area contributed by atoms with Gasteiger partial charge in [-0.2, -0.15) is 0 Å². The van der Waals surface area contributed by atoms with Crippen LogP contribution in [0.1, 0.15) is 13.8 Å². The van der Waals surface area contributed by atoms with E-state index in [0.717, 1.165) is 0 Å². The van der Waals surface area contributed by atoms with Gasteiger partial charge in [-0.05, 0) is 44.2 Å². The molecule has 0 heterocycles. The molecule has 29 heavy (non-hydrogen) atoms. The molecule has 2 aromatic rings. The van der Waals surface area contributed by atoms with Crippen molar-refractivity contribution < 1.29 is 32.2 Å². The monoisotopic (exact) mass is 443 g/mol. The van der Waals surface area contributed by atoms with E-state index in [1.807, 2.05) is 0 Å². The van der Waals surface area contributed by atoms with Gasteiger partial charge in [-0.1, -0.05) is 11.6 Å². The van der Waals surface area contributed by atoms with Crippen LogP contribution in [0.2, 0.25) is 5.02 Å². The van der Waals surface area contributed by atoms with Crippen LogP contribution in [-0.2, 0) is 19.6 Å². The summed E-state index contributed by atoms with van der Waals surface area (Å²) in [6, 6.07) is 8.72. The minimum absolute atomic E-state index is 0.0910. The number of rotatable bonds is 9. The minimum atomic E-state index is -3.99. The molecule has 158 valence electrons. The predicted molar refractivity (Wildman–Crippen MR) is 109 cm³/mol. The normalized spacial score (nSPS) is 12.0. The molecule has 0 saturated heterocycles. The average Bonchev–Trinajstić information content (AvgIpc) is 2.69. The second-order valence-corrected chi connectivity index (χ2v) is 7.84. The zero-order chi connectivity index (χ0) is 21.6. The largest absolute Gasteiger partial charge is 0.497 e. The lowest BCUT2D eigenvalue weighted by atomic mass is 10.3. The van der Waals surface area contributed by atoms with E-state index < -0.39 is 22.1 Å². The van der Waals surface area contributed by atoms with Crippen LogP contribution in [0.5, 0.6) is 17.2 Å². The number of esters is 1. The lowest BCUT2D eigenvalue weighted by Crippen LogP contribution is -2.26. The van der Waals surface area contributed by atoms with Crippen molar-refractivity contribution in [3.8, 4) is 17.2 Å². The highest BCUT2D eigenvalue weighted by Crippen LogP contribution is 2.32. The van der Waals surface area contributed by atoms with Gasteiger partial charge in [0.15, 0.2) is 6.10 Å². The maximum absolute atomic E-state index is 12.8. The second kappa shape index (κ2) is 9.71. The molecule has 0 aliphatic heterocycles. The first-order valence-electron chi connectivity index (χ1n) is 8.59. The molecule has 0 bridgehead atoms. The third-order valence-corrected chi connectivity index (χ3v) is 5.46. The molecular weight excluding hydrogens is 422 g/mol. The lowest BCUT2D eigenvalue weighted by Gasteiger charge is -2.16. The molecule has 10 heteroatoms. The second-order valence-electron chi connectivity index (χ2n) is 5.78. The summed E-state index contributed by atoms with van der Waals surface area (Å²) >= 11 is 6.18. The van der Waals surface area contributed by atoms with Gasteiger partial charge < -0.3 is 18.9 Å². The molecule has 2 rings (SSSR count). The number of anilines is 1. The Morgan fingerprint density at radius 3 is 2.38 bits per heavy atom. The summed E-state index contributed by atoms with van der Waals surface area (Å²) in [6.07, 6.45) is -0.865. The topological polar surface area (TPSA) is 100 Å². The van der Waals surface area contributed by atoms with Crippen molar-refractivity contribution in [1.29, 1.82) is 0 Å². The summed E-state index contributed by atoms with van der Waals surface area (Å²) in [5, 5.41) is 0.124. The van der Waals surface area contributed by atoms with Crippen molar-refractivity contribution in [3.63, 3.8) is 0 Å². The van der Waals surface area contributed by atoms with Crippen molar-refractivity contribution >= 4 is 33.3 Å². The van der Waals surface area contributed by atoms with E-state index in [1.165, 1.54) is 51.5 Å². The van der Waals surface area contributed by atoms with Gasteiger partial charge in [-0.3, -0.25) is 4.72 Å². The van der Waals surface area contributed by atoms with Crippen LogP contribution in [0, 0.1) is 0 Å². The summed E-state index contributed by atoms with van der Waals surface area (Å²) in [5.74, 6) is 0.209. The Bertz CT molecular complexity index is 979. The molecule has 2 aromatic carbocycles. The lowest BCUT2D eigenvalue weighted by molar-refractivity contribution is -0.150. The first-order valence-corrected chi connectivity index (χ1v) is 10.5. The van der Waals surface area contributed by atoms with Gasteiger partial charge in [0, 0.05) is 6.07 Å². The third kappa shape index (κ3) is 5.68. The van der Waals surface area contributed by atoms with E-state index in [9.17, 15) is 13.2 Å². The first kappa shape index (κ1) is 22.6. The Morgan fingerprint density at radius 2 is 1.79 bits per heavy atom. The van der Waals surface area contributed by atoms with Gasteiger partial charge in [-0.15, -0.1) is 0 Å². The summed E-state index contributed by atoms with van der Waals surface area (Å²) in [5.41, 5.74) is 0.205. The van der Waals surface area contributed by atoms with Crippen LogP contribution in [0.4, 0.5) is 5.69 Å². The summed E-state index contributed by atoms with van der Waals surface area (Å²) in [6.45, 7) is 3.45. The SMILES string of the molecule is CCOC(=O)C(C)Oc1ccc(NS(=O)(=O)c2cc(OC)ccc2OC)cc1Cl. The zero-order valence-corrected chi connectivity index (χ0v) is 18.0. The highest BCUT2D eigenvalue weighted by atomic mass is 35.5. The molecule has 0 aliphatic carbocycles. The van der Waals surface area contributed by atoms with Crippen LogP contribution in [0.15, 0.2) is 41.3 Å². The van der Waals surface area contributed by atoms with Gasteiger partial charge in [0.25, 0.3) is 10.0 Å². The van der Waals surface area contributed by atoms with Gasteiger partial charge in [-0.25, -0.2) is 13.2 Å². The van der Waals surface area contributed by atoms with Gasteiger partial charge >= 0.3 is 5.97 Å². The Balaban J connectivity index is 2.24. The minimum Gasteiger partial charge on any atom is -0.497 e. The van der Waals surface area contributed by atoms with Crippen molar-refractivity contribution in [3.05, 3.63) is 41.4 Å². The number of nitrogens with one attached hydrogen (secondary N) is 1. The number of hydrogen-bond acceptors (Lipinski definition) is 7. The molecule has 8 nitrogen and oxygen atoms in total. The molecule has 0 spiro atoms. The highest BCUT2D eigenvalue weighted by molar-refractivity contribution is 7.92. The van der Waals surface area contributed by atoms with Gasteiger partial charge in [0.05, 0.1) is 31.5 Å². The number of sulfonamides is 1. The fourth-order valence-electron chi connectivity index (χ4n) is 2.36. The van der Waals surface area contributed by atoms with E-state index >= 15 is 0 Å². The molecule has 0 aromatic heterocycles. The molecular formula is C19H22ClNO7S. The van der Waals surface area contributed by atoms with Crippen LogP contribution in [0.3, 0.4) is 0 Å². The Morgan fingerprint density at radius 1 is 1.10 bits per heavy atom. The number of ether oxygens (including phenoxy) is 4. The maximum atomic E-state index is 12.8. The molecule has 0 saturated carbocycles. The summed E-state index contributed by atoms with van der Waals surface area (Å²) in [4.78, 5) is 11.6. The smallest absolute Gasteiger partial charge is 0.347 e.